The standard InChI is InChI=1S/C12H10O4/c1-6-11(7(2)13)9-4-3-8(14)5-10(9)16-12(6)15/h3-5,14H,1-2H3. The highest BCUT2D eigenvalue weighted by atomic mass is 16.4. The number of hydrogen-bond acceptors (Lipinski definition) is 4. The highest BCUT2D eigenvalue weighted by Crippen LogP contribution is 2.23. The zero-order chi connectivity index (χ0) is 11.9. The molecule has 16 heavy (non-hydrogen) atoms. The van der Waals surface area contributed by atoms with Gasteiger partial charge in [-0.05, 0) is 26.0 Å². The van der Waals surface area contributed by atoms with Crippen molar-refractivity contribution in [1.82, 2.24) is 0 Å². The topological polar surface area (TPSA) is 67.5 Å². The number of rotatable bonds is 1. The van der Waals surface area contributed by atoms with Crippen LogP contribution in [0.5, 0.6) is 5.75 Å². The fraction of sp³-hybridized carbons (Fsp3) is 0.167. The van der Waals surface area contributed by atoms with Crippen LogP contribution in [-0.2, 0) is 0 Å². The molecule has 1 N–H and O–H groups in total. The Bertz CT molecular complexity index is 637. The lowest BCUT2D eigenvalue weighted by atomic mass is 10.0. The van der Waals surface area contributed by atoms with Crippen LogP contribution in [0.1, 0.15) is 22.8 Å². The Morgan fingerprint density at radius 3 is 2.69 bits per heavy atom. The largest absolute Gasteiger partial charge is 0.508 e. The second-order valence-corrected chi connectivity index (χ2v) is 3.63. The quantitative estimate of drug-likeness (QED) is 0.587. The van der Waals surface area contributed by atoms with Gasteiger partial charge in [0.1, 0.15) is 11.3 Å². The second-order valence-electron chi connectivity index (χ2n) is 3.63. The molecule has 0 radical (unpaired) electrons. The minimum absolute atomic E-state index is 0.00555. The molecule has 0 atom stereocenters. The van der Waals surface area contributed by atoms with Gasteiger partial charge in [-0.15, -0.1) is 0 Å². The molecule has 0 aliphatic rings. The Balaban J connectivity index is 3.00. The summed E-state index contributed by atoms with van der Waals surface area (Å²) in [6, 6.07) is 4.34. The summed E-state index contributed by atoms with van der Waals surface area (Å²) >= 11 is 0. The minimum Gasteiger partial charge on any atom is -0.508 e. The molecule has 0 bridgehead atoms. The Hall–Kier alpha value is -2.10. The fourth-order valence-corrected chi connectivity index (χ4v) is 1.74. The zero-order valence-electron chi connectivity index (χ0n) is 8.90. The first-order valence-corrected chi connectivity index (χ1v) is 4.78. The van der Waals surface area contributed by atoms with Gasteiger partial charge in [-0.25, -0.2) is 4.79 Å². The monoisotopic (exact) mass is 218 g/mol. The van der Waals surface area contributed by atoms with Crippen molar-refractivity contribution in [2.24, 2.45) is 0 Å². The summed E-state index contributed by atoms with van der Waals surface area (Å²) in [6.45, 7) is 2.95. The average molecular weight is 218 g/mol. The van der Waals surface area contributed by atoms with Crippen molar-refractivity contribution >= 4 is 16.8 Å². The van der Waals surface area contributed by atoms with Crippen LogP contribution in [0.15, 0.2) is 27.4 Å². The molecule has 0 fully saturated rings. The van der Waals surface area contributed by atoms with Crippen LogP contribution in [0.4, 0.5) is 0 Å². The highest BCUT2D eigenvalue weighted by molar-refractivity contribution is 6.06. The Morgan fingerprint density at radius 1 is 1.38 bits per heavy atom. The predicted octanol–water partition coefficient (Wildman–Crippen LogP) is 2.01. The Morgan fingerprint density at radius 2 is 2.06 bits per heavy atom. The maximum absolute atomic E-state index is 11.5. The first-order valence-electron chi connectivity index (χ1n) is 4.78. The lowest BCUT2D eigenvalue weighted by Crippen LogP contribution is -2.10. The summed E-state index contributed by atoms with van der Waals surface area (Å²) in [7, 11) is 0. The van der Waals surface area contributed by atoms with Crippen LogP contribution in [0.2, 0.25) is 0 Å². The number of aromatic hydroxyl groups is 1. The van der Waals surface area contributed by atoms with Gasteiger partial charge in [-0.3, -0.25) is 4.79 Å². The number of carbonyl (C=O) groups is 1. The number of phenols is 1. The molecular weight excluding hydrogens is 208 g/mol. The van der Waals surface area contributed by atoms with E-state index in [0.717, 1.165) is 0 Å². The normalized spacial score (nSPS) is 10.6. The number of benzene rings is 1. The molecule has 0 aliphatic heterocycles. The van der Waals surface area contributed by atoms with E-state index in [0.29, 0.717) is 16.5 Å². The lowest BCUT2D eigenvalue weighted by molar-refractivity contribution is 0.101. The van der Waals surface area contributed by atoms with E-state index in [9.17, 15) is 14.7 Å². The third-order valence-corrected chi connectivity index (χ3v) is 2.47. The number of fused-ring (bicyclic) bond motifs is 1. The third kappa shape index (κ3) is 1.48. The van der Waals surface area contributed by atoms with Crippen molar-refractivity contribution in [3.63, 3.8) is 0 Å². The van der Waals surface area contributed by atoms with Crippen molar-refractivity contribution in [1.29, 1.82) is 0 Å². The van der Waals surface area contributed by atoms with Crippen LogP contribution >= 0.6 is 0 Å². The smallest absolute Gasteiger partial charge is 0.339 e. The number of phenolic OH excluding ortho intramolecular Hbond substituents is 1. The van der Waals surface area contributed by atoms with E-state index < -0.39 is 5.63 Å². The molecule has 0 aliphatic carbocycles. The zero-order valence-corrected chi connectivity index (χ0v) is 8.90. The van der Waals surface area contributed by atoms with Gasteiger partial charge in [0.05, 0.1) is 0 Å². The van der Waals surface area contributed by atoms with Crippen LogP contribution in [-0.4, -0.2) is 10.9 Å². The van der Waals surface area contributed by atoms with Crippen molar-refractivity contribution < 1.29 is 14.3 Å². The molecule has 4 nitrogen and oxygen atoms in total. The lowest BCUT2D eigenvalue weighted by Gasteiger charge is -2.05. The van der Waals surface area contributed by atoms with Crippen LogP contribution in [0.3, 0.4) is 0 Å². The van der Waals surface area contributed by atoms with Gasteiger partial charge in [-0.2, -0.15) is 0 Å². The van der Waals surface area contributed by atoms with Crippen molar-refractivity contribution in [2.75, 3.05) is 0 Å². The fourth-order valence-electron chi connectivity index (χ4n) is 1.74. The van der Waals surface area contributed by atoms with Crippen LogP contribution < -0.4 is 5.63 Å². The minimum atomic E-state index is -0.552. The van der Waals surface area contributed by atoms with Gasteiger partial charge in [0, 0.05) is 22.6 Å². The maximum Gasteiger partial charge on any atom is 0.339 e. The molecule has 2 aromatic rings. The van der Waals surface area contributed by atoms with Crippen molar-refractivity contribution in [3.8, 4) is 5.75 Å². The van der Waals surface area contributed by atoms with Gasteiger partial charge in [0.15, 0.2) is 5.78 Å². The molecule has 0 spiro atoms. The predicted molar refractivity (Wildman–Crippen MR) is 58.9 cm³/mol. The van der Waals surface area contributed by atoms with Crippen LogP contribution in [0, 0.1) is 6.92 Å². The van der Waals surface area contributed by atoms with Crippen molar-refractivity contribution in [3.05, 3.63) is 39.7 Å². The third-order valence-electron chi connectivity index (χ3n) is 2.47. The van der Waals surface area contributed by atoms with Gasteiger partial charge < -0.3 is 9.52 Å². The molecule has 1 heterocycles. The van der Waals surface area contributed by atoms with Crippen molar-refractivity contribution in [2.45, 2.75) is 13.8 Å². The summed E-state index contributed by atoms with van der Waals surface area (Å²) in [5.41, 5.74) is 0.320. The molecule has 4 heteroatoms. The van der Waals surface area contributed by atoms with Crippen LogP contribution in [0.25, 0.3) is 11.0 Å². The van der Waals surface area contributed by atoms with E-state index in [2.05, 4.69) is 0 Å². The summed E-state index contributed by atoms with van der Waals surface area (Å²) in [6.07, 6.45) is 0. The van der Waals surface area contributed by atoms with E-state index in [4.69, 9.17) is 4.42 Å². The molecule has 0 saturated carbocycles. The molecule has 2 rings (SSSR count). The van der Waals surface area contributed by atoms with Gasteiger partial charge in [0.25, 0.3) is 0 Å². The number of ketones is 1. The summed E-state index contributed by atoms with van der Waals surface area (Å²) < 4.78 is 5.00. The molecule has 0 unspecified atom stereocenters. The molecule has 0 saturated heterocycles. The average Bonchev–Trinajstić information content (AvgIpc) is 2.19. The molecule has 82 valence electrons. The molecular formula is C12H10O4. The van der Waals surface area contributed by atoms with E-state index in [1.54, 1.807) is 13.0 Å². The number of carbonyl (C=O) groups excluding carboxylic acids is 1. The molecule has 0 amide bonds. The second kappa shape index (κ2) is 3.48. The van der Waals surface area contributed by atoms with E-state index in [-0.39, 0.29) is 17.1 Å². The van der Waals surface area contributed by atoms with Gasteiger partial charge in [0.2, 0.25) is 0 Å². The maximum atomic E-state index is 11.5. The van der Waals surface area contributed by atoms with E-state index in [1.807, 2.05) is 0 Å². The summed E-state index contributed by atoms with van der Waals surface area (Å²) in [5, 5.41) is 9.82. The Labute approximate surface area is 91.1 Å². The van der Waals surface area contributed by atoms with Gasteiger partial charge >= 0.3 is 5.63 Å². The number of Topliss-reactive ketones (excluding diaryl/α,β-unsaturated/α-hetero) is 1. The Kier molecular flexibility index (Phi) is 2.27. The highest BCUT2D eigenvalue weighted by Gasteiger charge is 2.14. The van der Waals surface area contributed by atoms with E-state index >= 15 is 0 Å². The van der Waals surface area contributed by atoms with Gasteiger partial charge in [-0.1, -0.05) is 0 Å². The summed E-state index contributed by atoms with van der Waals surface area (Å²) in [5.74, 6) is -0.199. The SMILES string of the molecule is CC(=O)c1c(C)c(=O)oc2cc(O)ccc12. The first kappa shape index (κ1) is 10.4. The first-order chi connectivity index (χ1) is 7.50. The summed E-state index contributed by atoms with van der Waals surface area (Å²) in [4.78, 5) is 22.9. The van der Waals surface area contributed by atoms with E-state index in [1.165, 1.54) is 19.1 Å². The molecule has 1 aromatic heterocycles. The molecule has 1 aromatic carbocycles. The number of hydrogen-bond donors (Lipinski definition) is 1.